The number of hydrogen-bond acceptors (Lipinski definition) is 7. The van der Waals surface area contributed by atoms with Gasteiger partial charge in [-0.3, -0.25) is 4.79 Å². The predicted octanol–water partition coefficient (Wildman–Crippen LogP) is 3.38. The van der Waals surface area contributed by atoms with E-state index in [9.17, 15) is 19.8 Å². The fourth-order valence-electron chi connectivity index (χ4n) is 2.67. The second kappa shape index (κ2) is 7.91. The summed E-state index contributed by atoms with van der Waals surface area (Å²) < 4.78 is 15.7. The molecule has 0 saturated carbocycles. The lowest BCUT2D eigenvalue weighted by Crippen LogP contribution is -2.27. The lowest BCUT2D eigenvalue weighted by molar-refractivity contribution is 0.200. The summed E-state index contributed by atoms with van der Waals surface area (Å²) in [6, 6.07) is 8.80. The quantitative estimate of drug-likeness (QED) is 0.616. The molecule has 3 rings (SSSR count). The van der Waals surface area contributed by atoms with E-state index in [2.05, 4.69) is 5.32 Å². The Bertz CT molecular complexity index is 1070. The van der Waals surface area contributed by atoms with E-state index in [1.54, 1.807) is 24.3 Å². The van der Waals surface area contributed by atoms with E-state index in [-0.39, 0.29) is 28.2 Å². The molecule has 1 amide bonds. The van der Waals surface area contributed by atoms with Crippen LogP contribution in [0.25, 0.3) is 22.3 Å². The Kier molecular flexibility index (Phi) is 5.39. The molecule has 8 heteroatoms. The maximum Gasteiger partial charge on any atom is 0.412 e. The zero-order valence-corrected chi connectivity index (χ0v) is 15.3. The summed E-state index contributed by atoms with van der Waals surface area (Å²) in [6.07, 6.45) is 0.248. The molecule has 0 bridgehead atoms. The van der Waals surface area contributed by atoms with Gasteiger partial charge in [-0.2, -0.15) is 0 Å². The fourth-order valence-corrected chi connectivity index (χ4v) is 2.67. The molecule has 0 aliphatic rings. The Morgan fingerprint density at radius 3 is 2.54 bits per heavy atom. The number of fused-ring (bicyclic) bond motifs is 1. The Labute approximate surface area is 159 Å². The molecule has 146 valence electrons. The van der Waals surface area contributed by atoms with Crippen LogP contribution in [0.5, 0.6) is 23.0 Å². The minimum Gasteiger partial charge on any atom is -0.504 e. The molecule has 0 aliphatic carbocycles. The van der Waals surface area contributed by atoms with Gasteiger partial charge in [-0.25, -0.2) is 4.79 Å². The van der Waals surface area contributed by atoms with E-state index < -0.39 is 17.3 Å². The summed E-state index contributed by atoms with van der Waals surface area (Å²) in [5, 5.41) is 22.6. The van der Waals surface area contributed by atoms with Crippen molar-refractivity contribution in [3.8, 4) is 34.3 Å². The monoisotopic (exact) mass is 385 g/mol. The van der Waals surface area contributed by atoms with Crippen molar-refractivity contribution >= 4 is 17.1 Å². The van der Waals surface area contributed by atoms with E-state index in [1.807, 2.05) is 6.92 Å². The number of phenolic OH excluding ortho intramolecular Hbond substituents is 2. The number of rotatable bonds is 5. The minimum absolute atomic E-state index is 0.0116. The van der Waals surface area contributed by atoms with Gasteiger partial charge in [-0.1, -0.05) is 6.92 Å². The molecule has 1 heterocycles. The predicted molar refractivity (Wildman–Crippen MR) is 102 cm³/mol. The van der Waals surface area contributed by atoms with Crippen molar-refractivity contribution in [2.45, 2.75) is 13.3 Å². The van der Waals surface area contributed by atoms with E-state index in [0.29, 0.717) is 17.9 Å². The van der Waals surface area contributed by atoms with Crippen LogP contribution in [0.15, 0.2) is 45.6 Å². The van der Waals surface area contributed by atoms with Crippen LogP contribution in [-0.2, 0) is 0 Å². The topological polar surface area (TPSA) is 118 Å². The van der Waals surface area contributed by atoms with Crippen molar-refractivity contribution in [1.29, 1.82) is 0 Å². The summed E-state index contributed by atoms with van der Waals surface area (Å²) in [7, 11) is 1.27. The molecule has 8 nitrogen and oxygen atoms in total. The lowest BCUT2D eigenvalue weighted by atomic mass is 10.1. The molecular weight excluding hydrogens is 366 g/mol. The molecule has 3 N–H and O–H groups in total. The second-order valence-electron chi connectivity index (χ2n) is 5.97. The van der Waals surface area contributed by atoms with Gasteiger partial charge in [0.1, 0.15) is 22.5 Å². The Balaban J connectivity index is 1.94. The van der Waals surface area contributed by atoms with Crippen LogP contribution in [0, 0.1) is 0 Å². The number of phenols is 2. The summed E-state index contributed by atoms with van der Waals surface area (Å²) in [6.45, 7) is 2.45. The average molecular weight is 385 g/mol. The normalized spacial score (nSPS) is 10.6. The van der Waals surface area contributed by atoms with Crippen LogP contribution in [0.1, 0.15) is 13.3 Å². The SMILES string of the molecule is CCCNC(=O)Oc1ccc(-c2cc(=O)c3c(O)c(OC)c(O)cc3o2)cc1. The highest BCUT2D eigenvalue weighted by molar-refractivity contribution is 5.89. The van der Waals surface area contributed by atoms with Gasteiger partial charge in [-0.15, -0.1) is 0 Å². The van der Waals surface area contributed by atoms with Crippen LogP contribution < -0.4 is 20.2 Å². The van der Waals surface area contributed by atoms with E-state index in [1.165, 1.54) is 19.2 Å². The Hall–Kier alpha value is -3.68. The molecule has 0 fully saturated rings. The molecule has 1 aromatic heterocycles. The zero-order valence-electron chi connectivity index (χ0n) is 15.3. The molecule has 3 aromatic rings. The summed E-state index contributed by atoms with van der Waals surface area (Å²) >= 11 is 0. The molecule has 28 heavy (non-hydrogen) atoms. The van der Waals surface area contributed by atoms with Gasteiger partial charge in [0.15, 0.2) is 16.9 Å². The molecule has 0 atom stereocenters. The highest BCUT2D eigenvalue weighted by atomic mass is 16.6. The first-order valence-corrected chi connectivity index (χ1v) is 8.57. The Morgan fingerprint density at radius 2 is 1.89 bits per heavy atom. The van der Waals surface area contributed by atoms with Crippen LogP contribution in [-0.4, -0.2) is 30.0 Å². The number of carbonyl (C=O) groups excluding carboxylic acids is 1. The van der Waals surface area contributed by atoms with Crippen molar-refractivity contribution in [3.05, 3.63) is 46.6 Å². The maximum atomic E-state index is 12.5. The molecule has 0 saturated heterocycles. The number of aromatic hydroxyl groups is 2. The Morgan fingerprint density at radius 1 is 1.18 bits per heavy atom. The van der Waals surface area contributed by atoms with Crippen LogP contribution in [0.2, 0.25) is 0 Å². The number of benzene rings is 2. The van der Waals surface area contributed by atoms with Gasteiger partial charge in [0.05, 0.1) is 7.11 Å². The largest absolute Gasteiger partial charge is 0.504 e. The number of ether oxygens (including phenoxy) is 2. The van der Waals surface area contributed by atoms with Gasteiger partial charge in [-0.05, 0) is 30.7 Å². The first kappa shape index (κ1) is 19.1. The molecule has 0 aliphatic heterocycles. The first-order chi connectivity index (χ1) is 13.4. The van der Waals surface area contributed by atoms with Gasteiger partial charge >= 0.3 is 6.09 Å². The first-order valence-electron chi connectivity index (χ1n) is 8.57. The van der Waals surface area contributed by atoms with Crippen molar-refractivity contribution in [1.82, 2.24) is 5.32 Å². The highest BCUT2D eigenvalue weighted by Crippen LogP contribution is 2.41. The smallest absolute Gasteiger partial charge is 0.412 e. The van der Waals surface area contributed by atoms with Gasteiger partial charge < -0.3 is 29.4 Å². The minimum atomic E-state index is -0.549. The van der Waals surface area contributed by atoms with Crippen LogP contribution >= 0.6 is 0 Å². The van der Waals surface area contributed by atoms with Crippen molar-refractivity contribution in [2.24, 2.45) is 0 Å². The van der Waals surface area contributed by atoms with E-state index in [0.717, 1.165) is 6.42 Å². The number of amides is 1. The number of carbonyl (C=O) groups is 1. The molecular formula is C20H19NO7. The molecule has 0 spiro atoms. The molecule has 0 radical (unpaired) electrons. The van der Waals surface area contributed by atoms with Gasteiger partial charge in [0.25, 0.3) is 0 Å². The average Bonchev–Trinajstić information content (AvgIpc) is 2.66. The second-order valence-corrected chi connectivity index (χ2v) is 5.97. The van der Waals surface area contributed by atoms with Crippen molar-refractivity contribution < 1.29 is 28.9 Å². The van der Waals surface area contributed by atoms with E-state index in [4.69, 9.17) is 13.9 Å². The number of methoxy groups -OCH3 is 1. The standard InChI is InChI=1S/C20H19NO7/c1-3-8-21-20(25)27-12-6-4-11(5-7-12)15-9-13(22)17-16(28-15)10-14(23)19(26-2)18(17)24/h4-7,9-10,23-24H,3,8H2,1-2H3,(H,21,25). The fraction of sp³-hybridized carbons (Fsp3) is 0.200. The molecule has 2 aromatic carbocycles. The lowest BCUT2D eigenvalue weighted by Gasteiger charge is -2.10. The summed E-state index contributed by atoms with van der Waals surface area (Å²) in [5.74, 6) is -0.478. The van der Waals surface area contributed by atoms with E-state index >= 15 is 0 Å². The van der Waals surface area contributed by atoms with Gasteiger partial charge in [0.2, 0.25) is 5.75 Å². The number of hydrogen-bond donors (Lipinski definition) is 3. The van der Waals surface area contributed by atoms with Crippen molar-refractivity contribution in [3.63, 3.8) is 0 Å². The van der Waals surface area contributed by atoms with Crippen molar-refractivity contribution in [2.75, 3.05) is 13.7 Å². The third-order valence-electron chi connectivity index (χ3n) is 4.00. The summed E-state index contributed by atoms with van der Waals surface area (Å²) in [5.41, 5.74) is 0.0685. The third-order valence-corrected chi connectivity index (χ3v) is 4.00. The molecule has 0 unspecified atom stereocenters. The van der Waals surface area contributed by atoms with Crippen LogP contribution in [0.4, 0.5) is 4.79 Å². The van der Waals surface area contributed by atoms with Crippen LogP contribution in [0.3, 0.4) is 0 Å². The highest BCUT2D eigenvalue weighted by Gasteiger charge is 2.18. The zero-order chi connectivity index (χ0) is 20.3. The third kappa shape index (κ3) is 3.71. The number of nitrogens with one attached hydrogen (secondary N) is 1. The maximum absolute atomic E-state index is 12.5. The summed E-state index contributed by atoms with van der Waals surface area (Å²) in [4.78, 5) is 24.0. The van der Waals surface area contributed by atoms with Gasteiger partial charge in [0, 0.05) is 24.2 Å².